The van der Waals surface area contributed by atoms with Crippen LogP contribution in [0.4, 0.5) is 5.69 Å². The van der Waals surface area contributed by atoms with Gasteiger partial charge in [0.05, 0.1) is 15.8 Å². The van der Waals surface area contributed by atoms with Crippen LogP contribution in [0.5, 0.6) is 0 Å². The molecular weight excluding hydrogens is 460 g/mol. The Morgan fingerprint density at radius 1 is 1.09 bits per heavy atom. The van der Waals surface area contributed by atoms with Crippen molar-refractivity contribution in [3.05, 3.63) is 54.1 Å². The summed E-state index contributed by atoms with van der Waals surface area (Å²) in [6.45, 7) is 4.86. The Labute approximate surface area is 197 Å². The summed E-state index contributed by atoms with van der Waals surface area (Å²) in [6.07, 6.45) is 2.83. The fourth-order valence-electron chi connectivity index (χ4n) is 3.59. The molecule has 4 rings (SSSR count). The van der Waals surface area contributed by atoms with Gasteiger partial charge in [0.25, 0.3) is 0 Å². The summed E-state index contributed by atoms with van der Waals surface area (Å²) < 4.78 is 28.7. The van der Waals surface area contributed by atoms with E-state index < -0.39 is 15.3 Å². The van der Waals surface area contributed by atoms with E-state index in [1.54, 1.807) is 23.7 Å². The smallest absolute Gasteiger partial charge is 0.243 e. The first-order chi connectivity index (χ1) is 15.8. The van der Waals surface area contributed by atoms with Crippen LogP contribution in [0.2, 0.25) is 0 Å². The SMILES string of the molecule is Cc1cccc(-n2nnnc2SC(C)C(=O)Nc2ccc(S(=O)(=O)N3CCCCC3)cc2)c1. The highest BCUT2D eigenvalue weighted by Gasteiger charge is 2.26. The van der Waals surface area contributed by atoms with Crippen LogP contribution in [0.3, 0.4) is 0 Å². The zero-order chi connectivity index (χ0) is 23.4. The van der Waals surface area contributed by atoms with E-state index in [2.05, 4.69) is 20.8 Å². The van der Waals surface area contributed by atoms with Crippen LogP contribution in [0, 0.1) is 6.92 Å². The van der Waals surface area contributed by atoms with Gasteiger partial charge in [0.15, 0.2) is 0 Å². The Bertz CT molecular complexity index is 1220. The molecule has 1 aromatic heterocycles. The quantitative estimate of drug-likeness (QED) is 0.510. The summed E-state index contributed by atoms with van der Waals surface area (Å²) in [4.78, 5) is 13.0. The molecule has 174 valence electrons. The molecule has 0 bridgehead atoms. The highest BCUT2D eigenvalue weighted by Crippen LogP contribution is 2.25. The zero-order valence-electron chi connectivity index (χ0n) is 18.5. The Morgan fingerprint density at radius 2 is 1.82 bits per heavy atom. The van der Waals surface area contributed by atoms with Crippen LogP contribution in [0.15, 0.2) is 58.6 Å². The van der Waals surface area contributed by atoms with Gasteiger partial charge in [-0.25, -0.2) is 8.42 Å². The molecule has 11 heteroatoms. The van der Waals surface area contributed by atoms with Crippen molar-refractivity contribution >= 4 is 33.4 Å². The van der Waals surface area contributed by atoms with Crippen LogP contribution in [0.1, 0.15) is 31.7 Å². The maximum atomic E-state index is 12.8. The molecule has 0 aliphatic carbocycles. The van der Waals surface area contributed by atoms with Gasteiger partial charge in [0.2, 0.25) is 21.1 Å². The van der Waals surface area contributed by atoms with Crippen LogP contribution in [0.25, 0.3) is 5.69 Å². The normalized spacial score (nSPS) is 15.8. The summed E-state index contributed by atoms with van der Waals surface area (Å²) in [5.74, 6) is -0.231. The Balaban J connectivity index is 1.40. The number of rotatable bonds is 7. The third-order valence-electron chi connectivity index (χ3n) is 5.41. The van der Waals surface area contributed by atoms with Crippen molar-refractivity contribution in [2.45, 2.75) is 48.4 Å². The molecule has 1 aliphatic rings. The van der Waals surface area contributed by atoms with Crippen molar-refractivity contribution in [2.75, 3.05) is 18.4 Å². The lowest BCUT2D eigenvalue weighted by molar-refractivity contribution is -0.115. The number of hydrogen-bond donors (Lipinski definition) is 1. The van der Waals surface area contributed by atoms with Crippen LogP contribution in [-0.2, 0) is 14.8 Å². The fourth-order valence-corrected chi connectivity index (χ4v) is 5.92. The lowest BCUT2D eigenvalue weighted by Crippen LogP contribution is -2.35. The second-order valence-electron chi connectivity index (χ2n) is 7.95. The van der Waals surface area contributed by atoms with Crippen molar-refractivity contribution in [1.29, 1.82) is 0 Å². The number of benzene rings is 2. The van der Waals surface area contributed by atoms with Crippen molar-refractivity contribution in [2.24, 2.45) is 0 Å². The molecule has 1 atom stereocenters. The molecule has 2 aromatic carbocycles. The standard InChI is InChI=1S/C22H26N6O3S2/c1-16-7-6-8-19(15-16)28-22(24-25-26-28)32-17(2)21(29)23-18-9-11-20(12-10-18)33(30,31)27-13-4-3-5-14-27/h6-12,15,17H,3-5,13-14H2,1-2H3,(H,23,29). The summed E-state index contributed by atoms with van der Waals surface area (Å²) >= 11 is 1.24. The van der Waals surface area contributed by atoms with Gasteiger partial charge in [-0.1, -0.05) is 30.3 Å². The molecule has 1 amide bonds. The van der Waals surface area contributed by atoms with E-state index in [1.807, 2.05) is 31.2 Å². The lowest BCUT2D eigenvalue weighted by Gasteiger charge is -2.25. The maximum absolute atomic E-state index is 12.8. The largest absolute Gasteiger partial charge is 0.325 e. The third-order valence-corrected chi connectivity index (χ3v) is 8.36. The zero-order valence-corrected chi connectivity index (χ0v) is 20.1. The second-order valence-corrected chi connectivity index (χ2v) is 11.2. The van der Waals surface area contributed by atoms with Crippen molar-refractivity contribution in [3.63, 3.8) is 0 Å². The molecule has 1 unspecified atom stereocenters. The molecule has 0 spiro atoms. The van der Waals surface area contributed by atoms with E-state index in [1.165, 1.54) is 28.2 Å². The van der Waals surface area contributed by atoms with Crippen molar-refractivity contribution in [1.82, 2.24) is 24.5 Å². The molecule has 33 heavy (non-hydrogen) atoms. The summed E-state index contributed by atoms with van der Waals surface area (Å²) in [5.41, 5.74) is 2.43. The number of nitrogens with zero attached hydrogens (tertiary/aromatic N) is 5. The third kappa shape index (κ3) is 5.43. The number of anilines is 1. The highest BCUT2D eigenvalue weighted by atomic mass is 32.2. The molecular formula is C22H26N6O3S2. The fraction of sp³-hybridized carbons (Fsp3) is 0.364. The number of aryl methyl sites for hydroxylation is 1. The summed E-state index contributed by atoms with van der Waals surface area (Å²) in [5, 5.41) is 14.7. The maximum Gasteiger partial charge on any atom is 0.243 e. The van der Waals surface area contributed by atoms with Crippen LogP contribution >= 0.6 is 11.8 Å². The molecule has 9 nitrogen and oxygen atoms in total. The van der Waals surface area contributed by atoms with Gasteiger partial charge in [-0.05, 0) is 79.1 Å². The molecule has 1 saturated heterocycles. The van der Waals surface area contributed by atoms with Crippen LogP contribution in [-0.4, -0.2) is 57.2 Å². The second kappa shape index (κ2) is 10.0. The van der Waals surface area contributed by atoms with Gasteiger partial charge >= 0.3 is 0 Å². The van der Waals surface area contributed by atoms with Crippen molar-refractivity contribution < 1.29 is 13.2 Å². The molecule has 1 aliphatic heterocycles. The molecule has 0 radical (unpaired) electrons. The minimum Gasteiger partial charge on any atom is -0.325 e. The average Bonchev–Trinajstić information content (AvgIpc) is 3.28. The molecule has 0 saturated carbocycles. The minimum absolute atomic E-state index is 0.231. The monoisotopic (exact) mass is 486 g/mol. The number of hydrogen-bond acceptors (Lipinski definition) is 7. The Hall–Kier alpha value is -2.76. The Morgan fingerprint density at radius 3 is 2.52 bits per heavy atom. The van der Waals surface area contributed by atoms with E-state index >= 15 is 0 Å². The number of carbonyl (C=O) groups excluding carboxylic acids is 1. The van der Waals surface area contributed by atoms with E-state index in [0.717, 1.165) is 30.5 Å². The summed E-state index contributed by atoms with van der Waals surface area (Å²) in [6, 6.07) is 14.1. The van der Waals surface area contributed by atoms with E-state index in [0.29, 0.717) is 23.9 Å². The number of piperidine rings is 1. The number of sulfonamides is 1. The number of carbonyl (C=O) groups is 1. The van der Waals surface area contributed by atoms with Crippen LogP contribution < -0.4 is 5.32 Å². The lowest BCUT2D eigenvalue weighted by atomic mass is 10.2. The molecule has 2 heterocycles. The number of amides is 1. The first-order valence-corrected chi connectivity index (χ1v) is 13.1. The number of aromatic nitrogens is 4. The Kier molecular flexibility index (Phi) is 7.11. The average molecular weight is 487 g/mol. The van der Waals surface area contributed by atoms with Gasteiger partial charge in [-0.2, -0.15) is 8.99 Å². The predicted molar refractivity (Wildman–Crippen MR) is 127 cm³/mol. The predicted octanol–water partition coefficient (Wildman–Crippen LogP) is 3.26. The molecule has 1 fully saturated rings. The summed E-state index contributed by atoms with van der Waals surface area (Å²) in [7, 11) is -3.50. The van der Waals surface area contributed by atoms with Crippen molar-refractivity contribution in [3.8, 4) is 5.69 Å². The topological polar surface area (TPSA) is 110 Å². The first-order valence-electron chi connectivity index (χ1n) is 10.8. The number of nitrogens with one attached hydrogen (secondary N) is 1. The van der Waals surface area contributed by atoms with E-state index in [4.69, 9.17) is 0 Å². The highest BCUT2D eigenvalue weighted by molar-refractivity contribution is 8.00. The number of tetrazole rings is 1. The first kappa shape index (κ1) is 23.4. The van der Waals surface area contributed by atoms with Gasteiger partial charge < -0.3 is 5.32 Å². The van der Waals surface area contributed by atoms with Gasteiger partial charge in [0.1, 0.15) is 0 Å². The van der Waals surface area contributed by atoms with Gasteiger partial charge in [-0.15, -0.1) is 5.10 Å². The minimum atomic E-state index is -3.50. The van der Waals surface area contributed by atoms with E-state index in [9.17, 15) is 13.2 Å². The number of thioether (sulfide) groups is 1. The van der Waals surface area contributed by atoms with Gasteiger partial charge in [-0.3, -0.25) is 4.79 Å². The van der Waals surface area contributed by atoms with Gasteiger partial charge in [0, 0.05) is 18.8 Å². The van der Waals surface area contributed by atoms with E-state index in [-0.39, 0.29) is 10.8 Å². The molecule has 1 N–H and O–H groups in total. The molecule has 3 aromatic rings.